The number of hydrogen-bond donors (Lipinski definition) is 1. The van der Waals surface area contributed by atoms with Crippen molar-refractivity contribution in [3.8, 4) is 11.5 Å². The van der Waals surface area contributed by atoms with E-state index in [4.69, 9.17) is 9.47 Å². The minimum atomic E-state index is 0.339. The smallest absolute Gasteiger partial charge is 0.231 e. The molecule has 0 amide bonds. The van der Waals surface area contributed by atoms with Crippen LogP contribution in [0.15, 0.2) is 18.2 Å². The van der Waals surface area contributed by atoms with Crippen molar-refractivity contribution >= 4 is 0 Å². The molecule has 1 fully saturated rings. The molecule has 0 bridgehead atoms. The molecule has 19 heavy (non-hydrogen) atoms. The molecular weight excluding hydrogens is 240 g/mol. The zero-order chi connectivity index (χ0) is 13.2. The Bertz CT molecular complexity index is 446. The van der Waals surface area contributed by atoms with Crippen molar-refractivity contribution in [1.29, 1.82) is 0 Å². The third kappa shape index (κ3) is 2.69. The Labute approximate surface area is 114 Å². The molecular formula is C15H22N2O2. The molecule has 1 atom stereocenters. The number of benzene rings is 1. The predicted octanol–water partition coefficient (Wildman–Crippen LogP) is 2.16. The Balaban J connectivity index is 1.73. The summed E-state index contributed by atoms with van der Waals surface area (Å²) in [6.45, 7) is 4.75. The Morgan fingerprint density at radius 2 is 2.11 bits per heavy atom. The number of ether oxygens (including phenoxy) is 2. The summed E-state index contributed by atoms with van der Waals surface area (Å²) in [5, 5.41) is 3.42. The molecule has 1 heterocycles. The van der Waals surface area contributed by atoms with E-state index < -0.39 is 0 Å². The van der Waals surface area contributed by atoms with Gasteiger partial charge in [0, 0.05) is 18.6 Å². The van der Waals surface area contributed by atoms with Crippen molar-refractivity contribution in [2.24, 2.45) is 0 Å². The summed E-state index contributed by atoms with van der Waals surface area (Å²) in [4.78, 5) is 2.56. The first-order valence-electron chi connectivity index (χ1n) is 7.12. The van der Waals surface area contributed by atoms with Gasteiger partial charge in [-0.1, -0.05) is 13.0 Å². The summed E-state index contributed by atoms with van der Waals surface area (Å²) >= 11 is 0. The normalized spacial score (nSPS) is 18.9. The highest BCUT2D eigenvalue weighted by atomic mass is 16.7. The molecule has 104 valence electrons. The van der Waals surface area contributed by atoms with Crippen LogP contribution in [0.1, 0.15) is 31.4 Å². The molecule has 1 aliphatic carbocycles. The SMILES string of the molecule is CCN(CC(NC)c1ccc2c(c1)OCO2)C1CC1. The van der Waals surface area contributed by atoms with Gasteiger partial charge in [0.1, 0.15) is 0 Å². The van der Waals surface area contributed by atoms with Crippen LogP contribution < -0.4 is 14.8 Å². The van der Waals surface area contributed by atoms with Gasteiger partial charge in [-0.05, 0) is 44.1 Å². The molecule has 3 rings (SSSR count). The topological polar surface area (TPSA) is 33.7 Å². The molecule has 4 heteroatoms. The first-order chi connectivity index (χ1) is 9.31. The third-order valence-electron chi connectivity index (χ3n) is 4.03. The number of nitrogens with zero attached hydrogens (tertiary/aromatic N) is 1. The van der Waals surface area contributed by atoms with Crippen molar-refractivity contribution in [3.63, 3.8) is 0 Å². The monoisotopic (exact) mass is 262 g/mol. The Morgan fingerprint density at radius 3 is 2.79 bits per heavy atom. The van der Waals surface area contributed by atoms with Crippen LogP contribution in [0.2, 0.25) is 0 Å². The summed E-state index contributed by atoms with van der Waals surface area (Å²) in [7, 11) is 2.02. The predicted molar refractivity (Wildman–Crippen MR) is 74.6 cm³/mol. The summed E-state index contributed by atoms with van der Waals surface area (Å²) in [6.07, 6.45) is 2.71. The Kier molecular flexibility index (Phi) is 3.62. The van der Waals surface area contributed by atoms with Crippen LogP contribution in [0.25, 0.3) is 0 Å². The molecule has 1 unspecified atom stereocenters. The Hall–Kier alpha value is -1.26. The minimum absolute atomic E-state index is 0.339. The summed E-state index contributed by atoms with van der Waals surface area (Å²) in [6, 6.07) is 7.39. The molecule has 1 aromatic rings. The quantitative estimate of drug-likeness (QED) is 0.852. The first-order valence-corrected chi connectivity index (χ1v) is 7.12. The highest BCUT2D eigenvalue weighted by molar-refractivity contribution is 5.45. The van der Waals surface area contributed by atoms with E-state index in [2.05, 4.69) is 29.3 Å². The van der Waals surface area contributed by atoms with E-state index in [0.717, 1.165) is 30.6 Å². The van der Waals surface area contributed by atoms with E-state index in [0.29, 0.717) is 12.8 Å². The molecule has 4 nitrogen and oxygen atoms in total. The first kappa shape index (κ1) is 12.8. The van der Waals surface area contributed by atoms with E-state index in [1.807, 2.05) is 13.1 Å². The second-order valence-electron chi connectivity index (χ2n) is 5.27. The van der Waals surface area contributed by atoms with Crippen LogP contribution in [0.5, 0.6) is 11.5 Å². The minimum Gasteiger partial charge on any atom is -0.454 e. The van der Waals surface area contributed by atoms with E-state index in [1.54, 1.807) is 0 Å². The van der Waals surface area contributed by atoms with Crippen LogP contribution in [0, 0.1) is 0 Å². The summed E-state index contributed by atoms with van der Waals surface area (Å²) < 4.78 is 10.8. The molecule has 2 aliphatic rings. The second-order valence-corrected chi connectivity index (χ2v) is 5.27. The maximum atomic E-state index is 5.46. The van der Waals surface area contributed by atoms with Gasteiger partial charge in [0.2, 0.25) is 6.79 Å². The van der Waals surface area contributed by atoms with E-state index in [1.165, 1.54) is 18.4 Å². The molecule has 1 aromatic carbocycles. The largest absolute Gasteiger partial charge is 0.454 e. The van der Waals surface area contributed by atoms with Crippen molar-refractivity contribution in [3.05, 3.63) is 23.8 Å². The molecule has 0 aromatic heterocycles. The lowest BCUT2D eigenvalue weighted by Crippen LogP contribution is -2.35. The van der Waals surface area contributed by atoms with Gasteiger partial charge < -0.3 is 14.8 Å². The fourth-order valence-corrected chi connectivity index (χ4v) is 2.70. The number of rotatable bonds is 6. The van der Waals surface area contributed by atoms with Gasteiger partial charge in [-0.15, -0.1) is 0 Å². The number of nitrogens with one attached hydrogen (secondary N) is 1. The molecule has 1 aliphatic heterocycles. The summed E-state index contributed by atoms with van der Waals surface area (Å²) in [5.74, 6) is 1.72. The maximum Gasteiger partial charge on any atom is 0.231 e. The highest BCUT2D eigenvalue weighted by Gasteiger charge is 2.29. The number of likely N-dealkylation sites (N-methyl/N-ethyl adjacent to an activating group) is 2. The van der Waals surface area contributed by atoms with Crippen LogP contribution in [-0.4, -0.2) is 37.9 Å². The van der Waals surface area contributed by atoms with Crippen molar-refractivity contribution in [1.82, 2.24) is 10.2 Å². The van der Waals surface area contributed by atoms with Gasteiger partial charge >= 0.3 is 0 Å². The third-order valence-corrected chi connectivity index (χ3v) is 4.03. The van der Waals surface area contributed by atoms with Crippen LogP contribution in [0.4, 0.5) is 0 Å². The average molecular weight is 262 g/mol. The van der Waals surface area contributed by atoms with Gasteiger partial charge in [0.25, 0.3) is 0 Å². The van der Waals surface area contributed by atoms with E-state index in [-0.39, 0.29) is 0 Å². The molecule has 0 saturated heterocycles. The van der Waals surface area contributed by atoms with Gasteiger partial charge in [-0.2, -0.15) is 0 Å². The van der Waals surface area contributed by atoms with Gasteiger partial charge in [0.05, 0.1) is 0 Å². The zero-order valence-corrected chi connectivity index (χ0v) is 11.7. The standard InChI is InChI=1S/C15H22N2O2/c1-3-17(12-5-6-12)9-13(16-2)11-4-7-14-15(8-11)19-10-18-14/h4,7-8,12-13,16H,3,5-6,9-10H2,1-2H3. The summed E-state index contributed by atoms with van der Waals surface area (Å²) in [5.41, 5.74) is 1.27. The van der Waals surface area contributed by atoms with Crippen molar-refractivity contribution < 1.29 is 9.47 Å². The lowest BCUT2D eigenvalue weighted by molar-refractivity contribution is 0.174. The van der Waals surface area contributed by atoms with Gasteiger partial charge in [-0.25, -0.2) is 0 Å². The van der Waals surface area contributed by atoms with Crippen LogP contribution in [-0.2, 0) is 0 Å². The number of hydrogen-bond acceptors (Lipinski definition) is 4. The van der Waals surface area contributed by atoms with E-state index >= 15 is 0 Å². The molecule has 0 spiro atoms. The van der Waals surface area contributed by atoms with Gasteiger partial charge in [-0.3, -0.25) is 4.90 Å². The van der Waals surface area contributed by atoms with Crippen LogP contribution in [0.3, 0.4) is 0 Å². The second kappa shape index (κ2) is 5.39. The van der Waals surface area contributed by atoms with E-state index in [9.17, 15) is 0 Å². The molecule has 1 N–H and O–H groups in total. The van der Waals surface area contributed by atoms with Gasteiger partial charge in [0.15, 0.2) is 11.5 Å². The average Bonchev–Trinajstić information content (AvgIpc) is 3.17. The van der Waals surface area contributed by atoms with Crippen molar-refractivity contribution in [2.75, 3.05) is 26.9 Å². The zero-order valence-electron chi connectivity index (χ0n) is 11.7. The fraction of sp³-hybridized carbons (Fsp3) is 0.600. The maximum absolute atomic E-state index is 5.46. The molecule has 1 saturated carbocycles. The lowest BCUT2D eigenvalue weighted by Gasteiger charge is -2.26. The number of fused-ring (bicyclic) bond motifs is 1. The van der Waals surface area contributed by atoms with Crippen molar-refractivity contribution in [2.45, 2.75) is 31.8 Å². The highest BCUT2D eigenvalue weighted by Crippen LogP contribution is 2.35. The molecule has 0 radical (unpaired) electrons. The van der Waals surface area contributed by atoms with Crippen LogP contribution >= 0.6 is 0 Å². The Morgan fingerprint density at radius 1 is 1.32 bits per heavy atom. The fourth-order valence-electron chi connectivity index (χ4n) is 2.70. The lowest BCUT2D eigenvalue weighted by atomic mass is 10.1.